The average molecular weight is 253 g/mol. The van der Waals surface area contributed by atoms with Crippen LogP contribution in [-0.4, -0.2) is 12.3 Å². The Labute approximate surface area is 114 Å². The molecule has 0 atom stereocenters. The number of nitrogens with zero attached hydrogens (tertiary/aromatic N) is 1. The van der Waals surface area contributed by atoms with Gasteiger partial charge in [-0.3, -0.25) is 4.79 Å². The van der Waals surface area contributed by atoms with Crippen LogP contribution in [0.3, 0.4) is 0 Å². The van der Waals surface area contributed by atoms with Crippen LogP contribution in [0.15, 0.2) is 48.5 Å². The molecule has 0 aliphatic heterocycles. The van der Waals surface area contributed by atoms with Gasteiger partial charge >= 0.3 is 0 Å². The second kappa shape index (κ2) is 5.70. The molecule has 0 fully saturated rings. The third-order valence-corrected chi connectivity index (χ3v) is 3.20. The van der Waals surface area contributed by atoms with E-state index in [4.69, 9.17) is 0 Å². The second-order valence-corrected chi connectivity index (χ2v) is 4.66. The van der Waals surface area contributed by atoms with Crippen molar-refractivity contribution >= 4 is 17.2 Å². The van der Waals surface area contributed by atoms with Gasteiger partial charge in [-0.1, -0.05) is 24.3 Å². The fraction of sp³-hybridized carbons (Fsp3) is 0.235. The van der Waals surface area contributed by atoms with Gasteiger partial charge in [-0.25, -0.2) is 0 Å². The van der Waals surface area contributed by atoms with Crippen molar-refractivity contribution in [3.8, 4) is 0 Å². The first-order chi connectivity index (χ1) is 9.13. The molecule has 0 N–H and O–H groups in total. The Morgan fingerprint density at radius 2 is 1.84 bits per heavy atom. The van der Waals surface area contributed by atoms with E-state index in [0.29, 0.717) is 0 Å². The maximum Gasteiger partial charge on any atom is 0.161 e. The minimum atomic E-state index is 0.0988. The minimum absolute atomic E-state index is 0.0988. The molecule has 2 aromatic carbocycles. The first-order valence-electron chi connectivity index (χ1n) is 6.57. The van der Waals surface area contributed by atoms with E-state index in [1.165, 1.54) is 5.56 Å². The highest BCUT2D eigenvalue weighted by Crippen LogP contribution is 2.29. The summed E-state index contributed by atoms with van der Waals surface area (Å²) in [6.07, 6.45) is 0. The molecule has 0 aliphatic rings. The molecule has 0 aromatic heterocycles. The van der Waals surface area contributed by atoms with E-state index >= 15 is 0 Å². The van der Waals surface area contributed by atoms with Crippen LogP contribution in [0.2, 0.25) is 0 Å². The van der Waals surface area contributed by atoms with E-state index in [2.05, 4.69) is 36.9 Å². The Morgan fingerprint density at radius 3 is 2.47 bits per heavy atom. The lowest BCUT2D eigenvalue weighted by Gasteiger charge is -2.25. The summed E-state index contributed by atoms with van der Waals surface area (Å²) in [5.41, 5.74) is 4.08. The van der Waals surface area contributed by atoms with Crippen LogP contribution in [-0.2, 0) is 0 Å². The number of carbonyl (C=O) groups excluding carboxylic acids is 1. The van der Waals surface area contributed by atoms with Gasteiger partial charge in [0.2, 0.25) is 0 Å². The number of benzene rings is 2. The SMILES string of the molecule is CCN(c1cccc(C)c1)c1ccccc1C(C)=O. The van der Waals surface area contributed by atoms with Crippen LogP contribution in [0.1, 0.15) is 29.8 Å². The molecule has 0 saturated carbocycles. The Bertz CT molecular complexity index is 589. The maximum atomic E-state index is 11.8. The highest BCUT2D eigenvalue weighted by atomic mass is 16.1. The smallest absolute Gasteiger partial charge is 0.161 e. The number of para-hydroxylation sites is 1. The zero-order chi connectivity index (χ0) is 13.8. The van der Waals surface area contributed by atoms with Crippen molar-refractivity contribution < 1.29 is 4.79 Å². The van der Waals surface area contributed by atoms with E-state index in [-0.39, 0.29) is 5.78 Å². The molecule has 0 amide bonds. The molecular formula is C17H19NO. The largest absolute Gasteiger partial charge is 0.341 e. The monoisotopic (exact) mass is 253 g/mol. The van der Waals surface area contributed by atoms with Gasteiger partial charge in [0, 0.05) is 17.8 Å². The van der Waals surface area contributed by atoms with Crippen LogP contribution in [0.5, 0.6) is 0 Å². The van der Waals surface area contributed by atoms with E-state index in [1.807, 2.05) is 30.3 Å². The van der Waals surface area contributed by atoms with Crippen molar-refractivity contribution in [2.24, 2.45) is 0 Å². The van der Waals surface area contributed by atoms with Crippen LogP contribution in [0.4, 0.5) is 11.4 Å². The lowest BCUT2D eigenvalue weighted by Crippen LogP contribution is -2.18. The predicted molar refractivity (Wildman–Crippen MR) is 80.3 cm³/mol. The zero-order valence-electron chi connectivity index (χ0n) is 11.7. The number of hydrogen-bond donors (Lipinski definition) is 0. The van der Waals surface area contributed by atoms with Crippen molar-refractivity contribution in [1.82, 2.24) is 0 Å². The van der Waals surface area contributed by atoms with Crippen LogP contribution in [0.25, 0.3) is 0 Å². The third-order valence-electron chi connectivity index (χ3n) is 3.20. The first-order valence-corrected chi connectivity index (χ1v) is 6.57. The van der Waals surface area contributed by atoms with Gasteiger partial charge in [-0.2, -0.15) is 0 Å². The molecule has 0 saturated heterocycles. The van der Waals surface area contributed by atoms with Gasteiger partial charge < -0.3 is 4.90 Å². The fourth-order valence-corrected chi connectivity index (χ4v) is 2.29. The minimum Gasteiger partial charge on any atom is -0.341 e. The van der Waals surface area contributed by atoms with Gasteiger partial charge in [0.15, 0.2) is 5.78 Å². The number of rotatable bonds is 4. The van der Waals surface area contributed by atoms with E-state index in [9.17, 15) is 4.79 Å². The number of aryl methyl sites for hydroxylation is 1. The molecule has 0 unspecified atom stereocenters. The van der Waals surface area contributed by atoms with Crippen molar-refractivity contribution in [2.75, 3.05) is 11.4 Å². The van der Waals surface area contributed by atoms with Gasteiger partial charge in [0.1, 0.15) is 0 Å². The van der Waals surface area contributed by atoms with Gasteiger partial charge in [0.25, 0.3) is 0 Å². The lowest BCUT2D eigenvalue weighted by molar-refractivity contribution is 0.101. The number of Topliss-reactive ketones (excluding diaryl/α,β-unsaturated/α-hetero) is 1. The lowest BCUT2D eigenvalue weighted by atomic mass is 10.1. The second-order valence-electron chi connectivity index (χ2n) is 4.66. The summed E-state index contributed by atoms with van der Waals surface area (Å²) in [7, 11) is 0. The normalized spacial score (nSPS) is 10.3. The molecule has 0 bridgehead atoms. The summed E-state index contributed by atoms with van der Waals surface area (Å²) in [5.74, 6) is 0.0988. The molecule has 0 spiro atoms. The topological polar surface area (TPSA) is 20.3 Å². The number of ketones is 1. The van der Waals surface area contributed by atoms with Crippen molar-refractivity contribution in [1.29, 1.82) is 0 Å². The molecule has 19 heavy (non-hydrogen) atoms. The molecule has 2 heteroatoms. The summed E-state index contributed by atoms with van der Waals surface area (Å²) < 4.78 is 0. The van der Waals surface area contributed by atoms with E-state index in [1.54, 1.807) is 6.92 Å². The Kier molecular flexibility index (Phi) is 4.00. The zero-order valence-corrected chi connectivity index (χ0v) is 11.7. The highest BCUT2D eigenvalue weighted by molar-refractivity contribution is 6.00. The molecule has 0 aliphatic carbocycles. The Balaban J connectivity index is 2.51. The summed E-state index contributed by atoms with van der Waals surface area (Å²) in [6, 6.07) is 16.1. The van der Waals surface area contributed by atoms with Crippen LogP contribution >= 0.6 is 0 Å². The van der Waals surface area contributed by atoms with Crippen LogP contribution < -0.4 is 4.90 Å². The Morgan fingerprint density at radius 1 is 1.11 bits per heavy atom. The number of anilines is 2. The summed E-state index contributed by atoms with van der Waals surface area (Å²) in [6.45, 7) is 6.62. The molecular weight excluding hydrogens is 234 g/mol. The summed E-state index contributed by atoms with van der Waals surface area (Å²) in [4.78, 5) is 13.9. The van der Waals surface area contributed by atoms with Crippen molar-refractivity contribution in [3.05, 3.63) is 59.7 Å². The van der Waals surface area contributed by atoms with E-state index in [0.717, 1.165) is 23.5 Å². The van der Waals surface area contributed by atoms with Crippen molar-refractivity contribution in [3.63, 3.8) is 0 Å². The van der Waals surface area contributed by atoms with Gasteiger partial charge in [-0.05, 0) is 50.6 Å². The van der Waals surface area contributed by atoms with Gasteiger partial charge in [-0.15, -0.1) is 0 Å². The van der Waals surface area contributed by atoms with Crippen molar-refractivity contribution in [2.45, 2.75) is 20.8 Å². The van der Waals surface area contributed by atoms with Gasteiger partial charge in [0.05, 0.1) is 5.69 Å². The number of hydrogen-bond acceptors (Lipinski definition) is 2. The summed E-state index contributed by atoms with van der Waals surface area (Å²) in [5, 5.41) is 0. The molecule has 2 aromatic rings. The maximum absolute atomic E-state index is 11.8. The first kappa shape index (κ1) is 13.3. The molecule has 98 valence electrons. The molecule has 2 nitrogen and oxygen atoms in total. The quantitative estimate of drug-likeness (QED) is 0.755. The van der Waals surface area contributed by atoms with Crippen LogP contribution in [0, 0.1) is 6.92 Å². The standard InChI is InChI=1S/C17H19NO/c1-4-18(15-9-7-8-13(2)12-15)17-11-6-5-10-16(17)14(3)19/h5-12H,4H2,1-3H3. The summed E-state index contributed by atoms with van der Waals surface area (Å²) >= 11 is 0. The third kappa shape index (κ3) is 2.84. The molecule has 2 rings (SSSR count). The Hall–Kier alpha value is -2.09. The average Bonchev–Trinajstić information content (AvgIpc) is 2.40. The highest BCUT2D eigenvalue weighted by Gasteiger charge is 2.13. The molecule has 0 heterocycles. The molecule has 0 radical (unpaired) electrons. The fourth-order valence-electron chi connectivity index (χ4n) is 2.29. The number of carbonyl (C=O) groups is 1. The van der Waals surface area contributed by atoms with E-state index < -0.39 is 0 Å². The predicted octanol–water partition coefficient (Wildman–Crippen LogP) is 4.36.